The third-order valence-corrected chi connectivity index (χ3v) is 5.80. The van der Waals surface area contributed by atoms with Gasteiger partial charge in [-0.05, 0) is 19.3 Å². The molecule has 0 aliphatic carbocycles. The highest BCUT2D eigenvalue weighted by Crippen LogP contribution is 2.25. The largest absolute Gasteiger partial charge is 0.480 e. The Balaban J connectivity index is 2.30. The van der Waals surface area contributed by atoms with Crippen LogP contribution in [-0.4, -0.2) is 72.4 Å². The second kappa shape index (κ2) is 6.26. The van der Waals surface area contributed by atoms with Gasteiger partial charge in [0.2, 0.25) is 5.91 Å². The second-order valence-electron chi connectivity index (χ2n) is 5.07. The molecule has 2 aliphatic rings. The number of piperidine rings is 1. The molecule has 2 rings (SSSR count). The minimum absolute atomic E-state index is 0.0151. The van der Waals surface area contributed by atoms with Gasteiger partial charge in [0.15, 0.2) is 0 Å². The topological polar surface area (TPSA) is 130 Å². The van der Waals surface area contributed by atoms with Crippen molar-refractivity contribution in [1.82, 2.24) is 8.61 Å². The molecule has 2 fully saturated rings. The molecule has 1 amide bonds. The van der Waals surface area contributed by atoms with Crippen LogP contribution in [0.15, 0.2) is 0 Å². The van der Waals surface area contributed by atoms with Gasteiger partial charge < -0.3 is 15.6 Å². The van der Waals surface area contributed by atoms with Crippen LogP contribution in [0.25, 0.3) is 0 Å². The Labute approximate surface area is 122 Å². The number of amides is 1. The summed E-state index contributed by atoms with van der Waals surface area (Å²) < 4.78 is 32.4. The number of hydrogen-bond donors (Lipinski definition) is 2. The first kappa shape index (κ1) is 16.1. The minimum atomic E-state index is -4.07. The number of nitrogens with two attached hydrogens (primary N) is 1. The van der Waals surface area contributed by atoms with Crippen molar-refractivity contribution in [1.29, 1.82) is 0 Å². The van der Waals surface area contributed by atoms with Crippen LogP contribution in [-0.2, 0) is 24.5 Å². The van der Waals surface area contributed by atoms with Crippen LogP contribution in [0, 0.1) is 0 Å². The molecule has 21 heavy (non-hydrogen) atoms. The Morgan fingerprint density at radius 3 is 2.43 bits per heavy atom. The molecule has 2 unspecified atom stereocenters. The third kappa shape index (κ3) is 3.18. The predicted octanol–water partition coefficient (Wildman–Crippen LogP) is -1.64. The Kier molecular flexibility index (Phi) is 4.81. The summed E-state index contributed by atoms with van der Waals surface area (Å²) in [4.78, 5) is 22.7. The second-order valence-corrected chi connectivity index (χ2v) is 6.91. The number of carbonyl (C=O) groups excluding carboxylic acids is 1. The van der Waals surface area contributed by atoms with Gasteiger partial charge in [-0.15, -0.1) is 0 Å². The maximum atomic E-state index is 12.7. The Bertz CT molecular complexity index is 482. The lowest BCUT2D eigenvalue weighted by atomic mass is 10.1. The van der Waals surface area contributed by atoms with Gasteiger partial charge in [-0.3, -0.25) is 9.59 Å². The maximum Gasteiger partial charge on any atom is 0.322 e. The molecule has 0 aromatic carbocycles. The SMILES string of the molecule is NC(=O)C1COCCN1S(=O)(=O)N1CCCCC1C(=O)O. The number of nitrogens with zero attached hydrogens (tertiary/aromatic N) is 2. The van der Waals surface area contributed by atoms with Crippen molar-refractivity contribution in [3.8, 4) is 0 Å². The standard InChI is InChI=1S/C11H19N3O6S/c12-10(15)9-7-20-6-5-14(9)21(18,19)13-4-2-1-3-8(13)11(16)17/h8-9H,1-7H2,(H2,12,15)(H,16,17). The highest BCUT2D eigenvalue weighted by atomic mass is 32.2. The zero-order valence-electron chi connectivity index (χ0n) is 11.5. The van der Waals surface area contributed by atoms with Crippen LogP contribution in [0.4, 0.5) is 0 Å². The maximum absolute atomic E-state index is 12.7. The zero-order chi connectivity index (χ0) is 15.6. The Morgan fingerprint density at radius 2 is 1.81 bits per heavy atom. The van der Waals surface area contributed by atoms with Crippen molar-refractivity contribution < 1.29 is 27.9 Å². The molecule has 3 N–H and O–H groups in total. The minimum Gasteiger partial charge on any atom is -0.480 e. The summed E-state index contributed by atoms with van der Waals surface area (Å²) in [6.07, 6.45) is 1.51. The van der Waals surface area contributed by atoms with Crippen molar-refractivity contribution in [3.05, 3.63) is 0 Å². The quantitative estimate of drug-likeness (QED) is 0.638. The van der Waals surface area contributed by atoms with E-state index in [9.17, 15) is 23.1 Å². The van der Waals surface area contributed by atoms with Gasteiger partial charge in [-0.25, -0.2) is 0 Å². The number of carbonyl (C=O) groups is 2. The van der Waals surface area contributed by atoms with E-state index in [1.165, 1.54) is 0 Å². The number of ether oxygens (including phenoxy) is 1. The fraction of sp³-hybridized carbons (Fsp3) is 0.818. The molecule has 0 radical (unpaired) electrons. The van der Waals surface area contributed by atoms with E-state index in [4.69, 9.17) is 10.5 Å². The fourth-order valence-corrected chi connectivity index (χ4v) is 4.59. The molecular formula is C11H19N3O6S. The van der Waals surface area contributed by atoms with E-state index in [0.717, 1.165) is 8.61 Å². The molecule has 10 heteroatoms. The van der Waals surface area contributed by atoms with Crippen molar-refractivity contribution in [3.63, 3.8) is 0 Å². The lowest BCUT2D eigenvalue weighted by molar-refractivity contribution is -0.142. The summed E-state index contributed by atoms with van der Waals surface area (Å²) in [6.45, 7) is 0.148. The van der Waals surface area contributed by atoms with E-state index >= 15 is 0 Å². The normalized spacial score (nSPS) is 29.1. The molecule has 120 valence electrons. The molecule has 0 saturated carbocycles. The first-order valence-electron chi connectivity index (χ1n) is 6.74. The summed E-state index contributed by atoms with van der Waals surface area (Å²) in [5.74, 6) is -1.98. The zero-order valence-corrected chi connectivity index (χ0v) is 12.3. The number of rotatable bonds is 4. The molecule has 0 aromatic rings. The van der Waals surface area contributed by atoms with Crippen LogP contribution >= 0.6 is 0 Å². The summed E-state index contributed by atoms with van der Waals surface area (Å²) in [5.41, 5.74) is 5.22. The molecule has 2 saturated heterocycles. The van der Waals surface area contributed by atoms with Crippen molar-refractivity contribution in [2.75, 3.05) is 26.3 Å². The monoisotopic (exact) mass is 321 g/mol. The average molecular weight is 321 g/mol. The van der Waals surface area contributed by atoms with Crippen LogP contribution in [0.5, 0.6) is 0 Å². The van der Waals surface area contributed by atoms with E-state index in [-0.39, 0.29) is 32.7 Å². The molecule has 9 nitrogen and oxygen atoms in total. The van der Waals surface area contributed by atoms with Gasteiger partial charge in [0.1, 0.15) is 12.1 Å². The highest BCUT2D eigenvalue weighted by Gasteiger charge is 2.44. The van der Waals surface area contributed by atoms with E-state index in [1.54, 1.807) is 0 Å². The van der Waals surface area contributed by atoms with Crippen LogP contribution in [0.1, 0.15) is 19.3 Å². The Hall–Kier alpha value is -1.23. The van der Waals surface area contributed by atoms with Gasteiger partial charge >= 0.3 is 5.97 Å². The third-order valence-electron chi connectivity index (χ3n) is 3.74. The first-order valence-corrected chi connectivity index (χ1v) is 8.14. The molecular weight excluding hydrogens is 302 g/mol. The predicted molar refractivity (Wildman–Crippen MR) is 71.4 cm³/mol. The lowest BCUT2D eigenvalue weighted by Gasteiger charge is -2.39. The number of hydrogen-bond acceptors (Lipinski definition) is 5. The molecule has 2 atom stereocenters. The van der Waals surface area contributed by atoms with Gasteiger partial charge in [0.05, 0.1) is 13.2 Å². The number of primary amides is 1. The van der Waals surface area contributed by atoms with Gasteiger partial charge in [0.25, 0.3) is 10.2 Å². The smallest absolute Gasteiger partial charge is 0.322 e. The van der Waals surface area contributed by atoms with Crippen molar-refractivity contribution in [2.24, 2.45) is 5.73 Å². The fourth-order valence-electron chi connectivity index (χ4n) is 2.65. The summed E-state index contributed by atoms with van der Waals surface area (Å²) in [6, 6.07) is -2.19. The van der Waals surface area contributed by atoms with Gasteiger partial charge in [-0.1, -0.05) is 0 Å². The number of carboxylic acids is 1. The van der Waals surface area contributed by atoms with Gasteiger partial charge in [0, 0.05) is 13.1 Å². The van der Waals surface area contributed by atoms with Crippen LogP contribution < -0.4 is 5.73 Å². The van der Waals surface area contributed by atoms with E-state index in [2.05, 4.69) is 0 Å². The number of morpholine rings is 1. The van der Waals surface area contributed by atoms with E-state index in [0.29, 0.717) is 12.8 Å². The molecule has 2 aliphatic heterocycles. The molecule has 0 aromatic heterocycles. The van der Waals surface area contributed by atoms with Crippen molar-refractivity contribution >= 4 is 22.1 Å². The van der Waals surface area contributed by atoms with E-state index < -0.39 is 34.2 Å². The summed E-state index contributed by atoms with van der Waals surface area (Å²) in [5, 5.41) is 9.20. The first-order chi connectivity index (χ1) is 9.85. The Morgan fingerprint density at radius 1 is 1.14 bits per heavy atom. The molecule has 2 heterocycles. The summed E-state index contributed by atoms with van der Waals surface area (Å²) in [7, 11) is -4.07. The number of carboxylic acid groups (broad SMARTS) is 1. The van der Waals surface area contributed by atoms with Gasteiger partial charge in [-0.2, -0.15) is 17.0 Å². The molecule has 0 bridgehead atoms. The average Bonchev–Trinajstić information content (AvgIpc) is 2.47. The van der Waals surface area contributed by atoms with Crippen LogP contribution in [0.3, 0.4) is 0 Å². The van der Waals surface area contributed by atoms with Crippen molar-refractivity contribution in [2.45, 2.75) is 31.3 Å². The number of aliphatic carboxylic acids is 1. The molecule has 0 spiro atoms. The lowest BCUT2D eigenvalue weighted by Crippen LogP contribution is -2.61. The van der Waals surface area contributed by atoms with E-state index in [1.807, 2.05) is 0 Å². The van der Waals surface area contributed by atoms with Crippen LogP contribution in [0.2, 0.25) is 0 Å². The summed E-state index contributed by atoms with van der Waals surface area (Å²) >= 11 is 0. The highest BCUT2D eigenvalue weighted by molar-refractivity contribution is 7.86.